The average Bonchev–Trinajstić information content (AvgIpc) is 2.15. The molecule has 0 saturated carbocycles. The van der Waals surface area contributed by atoms with Crippen LogP contribution in [0.2, 0.25) is 0 Å². The number of nitrogens with one attached hydrogen (secondary N) is 3. The molecule has 5 heteroatoms. The summed E-state index contributed by atoms with van der Waals surface area (Å²) in [6.45, 7) is 8.92. The largest absolute Gasteiger partial charge is 0.341 e. The molecule has 3 N–H and O–H groups in total. The predicted octanol–water partition coefficient (Wildman–Crippen LogP) is 0.856. The van der Waals surface area contributed by atoms with E-state index in [1.165, 1.54) is 7.05 Å². The molecule has 94 valence electrons. The molecule has 1 atom stereocenters. The fourth-order valence-corrected chi connectivity index (χ4v) is 1.04. The molecule has 0 rings (SSSR count). The van der Waals surface area contributed by atoms with Gasteiger partial charge in [0.15, 0.2) is 0 Å². The molecule has 3 amide bonds. The normalized spacial score (nSPS) is 13.1. The molecule has 0 aromatic heterocycles. The van der Waals surface area contributed by atoms with Crippen LogP contribution in [0.3, 0.4) is 0 Å². The Balaban J connectivity index is 3.84. The van der Waals surface area contributed by atoms with Crippen LogP contribution >= 0.6 is 0 Å². The third kappa shape index (κ3) is 7.23. The summed E-state index contributed by atoms with van der Waals surface area (Å²) in [5, 5.41) is 7.63. The third-order valence-corrected chi connectivity index (χ3v) is 2.18. The fourth-order valence-electron chi connectivity index (χ4n) is 1.04. The van der Waals surface area contributed by atoms with Gasteiger partial charge >= 0.3 is 6.03 Å². The van der Waals surface area contributed by atoms with Gasteiger partial charge in [0.05, 0.1) is 6.04 Å². The van der Waals surface area contributed by atoms with Crippen LogP contribution in [-0.2, 0) is 4.79 Å². The van der Waals surface area contributed by atoms with Crippen molar-refractivity contribution in [1.29, 1.82) is 0 Å². The highest BCUT2D eigenvalue weighted by Crippen LogP contribution is 2.16. The van der Waals surface area contributed by atoms with Gasteiger partial charge in [-0.25, -0.2) is 4.79 Å². The Kier molecular flexibility index (Phi) is 6.03. The van der Waals surface area contributed by atoms with E-state index in [4.69, 9.17) is 0 Å². The van der Waals surface area contributed by atoms with Crippen LogP contribution in [0.4, 0.5) is 4.79 Å². The van der Waals surface area contributed by atoms with Crippen molar-refractivity contribution < 1.29 is 9.59 Å². The van der Waals surface area contributed by atoms with Gasteiger partial charge in [-0.15, -0.1) is 0 Å². The number of amides is 3. The Morgan fingerprint density at radius 2 is 1.81 bits per heavy atom. The van der Waals surface area contributed by atoms with Crippen molar-refractivity contribution in [2.24, 2.45) is 5.41 Å². The molecular formula is C11H23N3O2. The van der Waals surface area contributed by atoms with Gasteiger partial charge in [0.1, 0.15) is 0 Å². The summed E-state index contributed by atoms with van der Waals surface area (Å²) in [4.78, 5) is 22.3. The predicted molar refractivity (Wildman–Crippen MR) is 64.1 cm³/mol. The minimum absolute atomic E-state index is 0.240. The van der Waals surface area contributed by atoms with E-state index in [2.05, 4.69) is 36.7 Å². The number of urea groups is 1. The Labute approximate surface area is 97.4 Å². The third-order valence-electron chi connectivity index (χ3n) is 2.18. The molecule has 0 aliphatic heterocycles. The molecule has 0 bridgehead atoms. The van der Waals surface area contributed by atoms with Gasteiger partial charge in [-0.2, -0.15) is 0 Å². The highest BCUT2D eigenvalue weighted by molar-refractivity contribution is 5.96. The van der Waals surface area contributed by atoms with Crippen LogP contribution in [0.15, 0.2) is 0 Å². The zero-order chi connectivity index (χ0) is 12.8. The maximum atomic E-state index is 11.4. The van der Waals surface area contributed by atoms with E-state index in [1.807, 2.05) is 0 Å². The quantitative estimate of drug-likeness (QED) is 0.669. The number of carbonyl (C=O) groups is 2. The molecule has 1 unspecified atom stereocenters. The summed E-state index contributed by atoms with van der Waals surface area (Å²) < 4.78 is 0. The Morgan fingerprint density at radius 3 is 2.25 bits per heavy atom. The van der Waals surface area contributed by atoms with Crippen LogP contribution in [0.1, 0.15) is 34.1 Å². The minimum atomic E-state index is -0.477. The number of imide groups is 1. The molecule has 0 aliphatic rings. The molecule has 0 aliphatic carbocycles. The molecule has 16 heavy (non-hydrogen) atoms. The summed E-state index contributed by atoms with van der Waals surface area (Å²) in [5.41, 5.74) is 0.240. The number of hydrogen-bond donors (Lipinski definition) is 3. The van der Waals surface area contributed by atoms with E-state index >= 15 is 0 Å². The van der Waals surface area contributed by atoms with E-state index < -0.39 is 6.03 Å². The van der Waals surface area contributed by atoms with Gasteiger partial charge < -0.3 is 10.6 Å². The second-order valence-electron chi connectivity index (χ2n) is 5.05. The highest BCUT2D eigenvalue weighted by Gasteiger charge is 2.16. The SMILES string of the molecule is CNC(=O)NC(=O)C(C)NCCC(C)(C)C. The fraction of sp³-hybridized carbons (Fsp3) is 0.818. The molecule has 5 nitrogen and oxygen atoms in total. The zero-order valence-electron chi connectivity index (χ0n) is 10.8. The smallest absolute Gasteiger partial charge is 0.321 e. The van der Waals surface area contributed by atoms with Crippen molar-refractivity contribution in [3.05, 3.63) is 0 Å². The first-order valence-corrected chi connectivity index (χ1v) is 5.52. The molecule has 0 saturated heterocycles. The van der Waals surface area contributed by atoms with Crippen LogP contribution in [0, 0.1) is 5.41 Å². The molecule has 0 spiro atoms. The molecular weight excluding hydrogens is 206 g/mol. The Hall–Kier alpha value is -1.10. The number of carbonyl (C=O) groups excluding carboxylic acids is 2. The highest BCUT2D eigenvalue weighted by atomic mass is 16.2. The van der Waals surface area contributed by atoms with Crippen LogP contribution < -0.4 is 16.0 Å². The van der Waals surface area contributed by atoms with Gasteiger partial charge in [-0.3, -0.25) is 10.1 Å². The topological polar surface area (TPSA) is 70.2 Å². The van der Waals surface area contributed by atoms with Crippen molar-refractivity contribution in [2.45, 2.75) is 40.2 Å². The first kappa shape index (κ1) is 14.9. The Morgan fingerprint density at radius 1 is 1.25 bits per heavy atom. The van der Waals surface area contributed by atoms with E-state index in [1.54, 1.807) is 6.92 Å². The lowest BCUT2D eigenvalue weighted by Gasteiger charge is -2.20. The van der Waals surface area contributed by atoms with E-state index in [0.29, 0.717) is 0 Å². The molecule has 0 heterocycles. The standard InChI is InChI=1S/C11H23N3O2/c1-8(9(15)14-10(16)12-5)13-7-6-11(2,3)4/h8,13H,6-7H2,1-5H3,(H2,12,14,15,16). The van der Waals surface area contributed by atoms with E-state index in [-0.39, 0.29) is 17.4 Å². The lowest BCUT2D eigenvalue weighted by molar-refractivity contribution is -0.121. The average molecular weight is 229 g/mol. The molecule has 0 aromatic carbocycles. The van der Waals surface area contributed by atoms with Crippen molar-refractivity contribution in [3.63, 3.8) is 0 Å². The lowest BCUT2D eigenvalue weighted by Crippen LogP contribution is -2.47. The second kappa shape index (κ2) is 6.48. The van der Waals surface area contributed by atoms with Gasteiger partial charge in [0, 0.05) is 7.05 Å². The van der Waals surface area contributed by atoms with Crippen molar-refractivity contribution in [3.8, 4) is 0 Å². The molecule has 0 aromatic rings. The summed E-state index contributed by atoms with van der Waals surface area (Å²) in [6, 6.07) is -0.839. The number of rotatable bonds is 4. The zero-order valence-corrected chi connectivity index (χ0v) is 10.8. The van der Waals surface area contributed by atoms with Gasteiger partial charge in [0.2, 0.25) is 5.91 Å². The van der Waals surface area contributed by atoms with Crippen molar-refractivity contribution in [1.82, 2.24) is 16.0 Å². The van der Waals surface area contributed by atoms with Crippen LogP contribution in [0.25, 0.3) is 0 Å². The lowest BCUT2D eigenvalue weighted by atomic mass is 9.92. The molecule has 0 radical (unpaired) electrons. The Bertz CT molecular complexity index is 246. The van der Waals surface area contributed by atoms with Gasteiger partial charge in [0.25, 0.3) is 0 Å². The van der Waals surface area contributed by atoms with Crippen LogP contribution in [-0.4, -0.2) is 31.6 Å². The summed E-state index contributed by atoms with van der Waals surface area (Å²) in [7, 11) is 1.47. The summed E-state index contributed by atoms with van der Waals surface area (Å²) in [6.07, 6.45) is 0.977. The van der Waals surface area contributed by atoms with Crippen molar-refractivity contribution in [2.75, 3.05) is 13.6 Å². The van der Waals surface area contributed by atoms with E-state index in [0.717, 1.165) is 13.0 Å². The van der Waals surface area contributed by atoms with Gasteiger partial charge in [-0.05, 0) is 25.3 Å². The summed E-state index contributed by atoms with van der Waals surface area (Å²) >= 11 is 0. The molecule has 0 fully saturated rings. The second-order valence-corrected chi connectivity index (χ2v) is 5.05. The first-order chi connectivity index (χ1) is 7.26. The summed E-state index contributed by atoms with van der Waals surface area (Å²) in [5.74, 6) is -0.312. The monoisotopic (exact) mass is 229 g/mol. The van der Waals surface area contributed by atoms with Gasteiger partial charge in [-0.1, -0.05) is 20.8 Å². The first-order valence-electron chi connectivity index (χ1n) is 5.52. The van der Waals surface area contributed by atoms with E-state index in [9.17, 15) is 9.59 Å². The maximum Gasteiger partial charge on any atom is 0.321 e. The van der Waals surface area contributed by atoms with Crippen LogP contribution in [0.5, 0.6) is 0 Å². The number of hydrogen-bond acceptors (Lipinski definition) is 3. The maximum absolute atomic E-state index is 11.4. The van der Waals surface area contributed by atoms with Crippen molar-refractivity contribution >= 4 is 11.9 Å². The minimum Gasteiger partial charge on any atom is -0.341 e.